The number of amides is 1. The summed E-state index contributed by atoms with van der Waals surface area (Å²) in [7, 11) is 0. The fraction of sp³-hybridized carbons (Fsp3) is 0.316. The van der Waals surface area contributed by atoms with E-state index in [1.54, 1.807) is 0 Å². The van der Waals surface area contributed by atoms with E-state index in [9.17, 15) is 4.79 Å². The van der Waals surface area contributed by atoms with Crippen LogP contribution in [0, 0.1) is 0 Å². The molecule has 0 aromatic heterocycles. The van der Waals surface area contributed by atoms with Gasteiger partial charge >= 0.3 is 0 Å². The van der Waals surface area contributed by atoms with Gasteiger partial charge in [-0.15, -0.1) is 0 Å². The molecule has 4 heteroatoms. The average Bonchev–Trinajstić information content (AvgIpc) is 3.03. The van der Waals surface area contributed by atoms with Crippen LogP contribution in [-0.4, -0.2) is 12.5 Å². The summed E-state index contributed by atoms with van der Waals surface area (Å²) < 4.78 is 11.1. The number of carbonyl (C=O) groups is 1. The molecule has 1 atom stereocenters. The van der Waals surface area contributed by atoms with E-state index in [1.807, 2.05) is 36.4 Å². The molecule has 23 heavy (non-hydrogen) atoms. The van der Waals surface area contributed by atoms with Crippen molar-refractivity contribution in [3.05, 3.63) is 59.2 Å². The molecule has 1 amide bonds. The summed E-state index contributed by atoms with van der Waals surface area (Å²) in [6.45, 7) is 1.97. The molecular formula is C19H19NO3. The number of hydrogen-bond donors (Lipinski definition) is 1. The summed E-state index contributed by atoms with van der Waals surface area (Å²) in [4.78, 5) is 12.4. The molecule has 0 fully saturated rings. The lowest BCUT2D eigenvalue weighted by atomic mass is 9.90. The molecule has 4 nitrogen and oxygen atoms in total. The van der Waals surface area contributed by atoms with Gasteiger partial charge in [-0.25, -0.2) is 0 Å². The minimum Gasteiger partial charge on any atom is -0.493 e. The summed E-state index contributed by atoms with van der Waals surface area (Å²) in [5, 5.41) is 3.01. The Morgan fingerprint density at radius 1 is 1.13 bits per heavy atom. The molecule has 0 spiro atoms. The van der Waals surface area contributed by atoms with E-state index in [0.717, 1.165) is 23.4 Å². The lowest BCUT2D eigenvalue weighted by Crippen LogP contribution is -2.20. The van der Waals surface area contributed by atoms with Gasteiger partial charge in [-0.3, -0.25) is 4.79 Å². The van der Waals surface area contributed by atoms with Crippen LogP contribution in [0.1, 0.15) is 35.4 Å². The zero-order chi connectivity index (χ0) is 15.6. The van der Waals surface area contributed by atoms with Crippen LogP contribution in [0.15, 0.2) is 42.5 Å². The Morgan fingerprint density at radius 3 is 2.96 bits per heavy atom. The molecule has 0 aliphatic carbocycles. The number of benzene rings is 2. The van der Waals surface area contributed by atoms with E-state index in [4.69, 9.17) is 9.47 Å². The van der Waals surface area contributed by atoms with Crippen molar-refractivity contribution in [2.24, 2.45) is 0 Å². The highest BCUT2D eigenvalue weighted by atomic mass is 16.5. The minimum absolute atomic E-state index is 0.0468. The first-order valence-corrected chi connectivity index (χ1v) is 8.01. The SMILES string of the molecule is O=C(CC1CCOc2ccccc21)Nc1ccc2c(c1)COC2. The Labute approximate surface area is 135 Å². The lowest BCUT2D eigenvalue weighted by molar-refractivity contribution is -0.116. The maximum atomic E-state index is 12.4. The van der Waals surface area contributed by atoms with Crippen molar-refractivity contribution in [3.8, 4) is 5.75 Å². The van der Waals surface area contributed by atoms with Crippen LogP contribution >= 0.6 is 0 Å². The van der Waals surface area contributed by atoms with Crippen molar-refractivity contribution < 1.29 is 14.3 Å². The van der Waals surface area contributed by atoms with Crippen molar-refractivity contribution in [2.75, 3.05) is 11.9 Å². The molecule has 2 aromatic carbocycles. The maximum absolute atomic E-state index is 12.4. The van der Waals surface area contributed by atoms with Gasteiger partial charge in [-0.1, -0.05) is 24.3 Å². The number of nitrogens with one attached hydrogen (secondary N) is 1. The topological polar surface area (TPSA) is 47.6 Å². The first kappa shape index (κ1) is 14.3. The molecule has 2 aliphatic rings. The molecular weight excluding hydrogens is 290 g/mol. The van der Waals surface area contributed by atoms with Crippen LogP contribution in [0.25, 0.3) is 0 Å². The standard InChI is InChI=1S/C19H19NO3/c21-19(20-16-6-5-14-11-22-12-15(14)9-16)10-13-7-8-23-18-4-2-1-3-17(13)18/h1-6,9,13H,7-8,10-12H2,(H,20,21). The Balaban J connectivity index is 1.45. The fourth-order valence-electron chi connectivity index (χ4n) is 3.31. The second kappa shape index (κ2) is 6.05. The Hall–Kier alpha value is -2.33. The Morgan fingerprint density at radius 2 is 2.00 bits per heavy atom. The number of rotatable bonds is 3. The van der Waals surface area contributed by atoms with Gasteiger partial charge in [0, 0.05) is 12.1 Å². The predicted octanol–water partition coefficient (Wildman–Crippen LogP) is 3.61. The molecule has 4 rings (SSSR count). The van der Waals surface area contributed by atoms with Crippen molar-refractivity contribution in [1.82, 2.24) is 0 Å². The zero-order valence-corrected chi connectivity index (χ0v) is 12.9. The van der Waals surface area contributed by atoms with Gasteiger partial charge in [0.25, 0.3) is 0 Å². The molecule has 118 valence electrons. The summed E-state index contributed by atoms with van der Waals surface area (Å²) in [6, 6.07) is 14.0. The van der Waals surface area contributed by atoms with Gasteiger partial charge in [0.15, 0.2) is 0 Å². The number of hydrogen-bond acceptors (Lipinski definition) is 3. The largest absolute Gasteiger partial charge is 0.493 e. The number of ether oxygens (including phenoxy) is 2. The van der Waals surface area contributed by atoms with Gasteiger partial charge in [-0.2, -0.15) is 0 Å². The van der Waals surface area contributed by atoms with Crippen LogP contribution in [0.3, 0.4) is 0 Å². The average molecular weight is 309 g/mol. The molecule has 1 N–H and O–H groups in total. The van der Waals surface area contributed by atoms with E-state index in [0.29, 0.717) is 26.2 Å². The van der Waals surface area contributed by atoms with Gasteiger partial charge in [-0.05, 0) is 47.2 Å². The number of carbonyl (C=O) groups excluding carboxylic acids is 1. The number of anilines is 1. The monoisotopic (exact) mass is 309 g/mol. The molecule has 2 aliphatic heterocycles. The third kappa shape index (κ3) is 2.94. The van der Waals surface area contributed by atoms with Crippen molar-refractivity contribution >= 4 is 11.6 Å². The van der Waals surface area contributed by atoms with Crippen molar-refractivity contribution in [2.45, 2.75) is 32.0 Å². The lowest BCUT2D eigenvalue weighted by Gasteiger charge is -2.25. The first-order valence-electron chi connectivity index (χ1n) is 8.01. The summed E-state index contributed by atoms with van der Waals surface area (Å²) in [5.74, 6) is 1.18. The third-order valence-electron chi connectivity index (χ3n) is 4.52. The van der Waals surface area contributed by atoms with E-state index >= 15 is 0 Å². The van der Waals surface area contributed by atoms with E-state index in [1.165, 1.54) is 11.1 Å². The fourth-order valence-corrected chi connectivity index (χ4v) is 3.31. The van der Waals surface area contributed by atoms with Crippen LogP contribution in [0.2, 0.25) is 0 Å². The highest BCUT2D eigenvalue weighted by molar-refractivity contribution is 5.91. The molecule has 1 unspecified atom stereocenters. The second-order valence-electron chi connectivity index (χ2n) is 6.10. The zero-order valence-electron chi connectivity index (χ0n) is 12.9. The van der Waals surface area contributed by atoms with Gasteiger partial charge in [0.2, 0.25) is 5.91 Å². The predicted molar refractivity (Wildman–Crippen MR) is 87.5 cm³/mol. The Kier molecular flexibility index (Phi) is 3.75. The number of fused-ring (bicyclic) bond motifs is 2. The Bertz CT molecular complexity index is 741. The van der Waals surface area contributed by atoms with Crippen molar-refractivity contribution in [1.29, 1.82) is 0 Å². The molecule has 0 saturated heterocycles. The second-order valence-corrected chi connectivity index (χ2v) is 6.10. The minimum atomic E-state index is 0.0468. The quantitative estimate of drug-likeness (QED) is 0.942. The van der Waals surface area contributed by atoms with E-state index < -0.39 is 0 Å². The van der Waals surface area contributed by atoms with Crippen LogP contribution in [0.4, 0.5) is 5.69 Å². The highest BCUT2D eigenvalue weighted by Gasteiger charge is 2.23. The summed E-state index contributed by atoms with van der Waals surface area (Å²) in [5.41, 5.74) is 4.36. The third-order valence-corrected chi connectivity index (χ3v) is 4.52. The maximum Gasteiger partial charge on any atom is 0.224 e. The van der Waals surface area contributed by atoms with Gasteiger partial charge in [0.05, 0.1) is 19.8 Å². The van der Waals surface area contributed by atoms with Crippen LogP contribution < -0.4 is 10.1 Å². The van der Waals surface area contributed by atoms with Crippen molar-refractivity contribution in [3.63, 3.8) is 0 Å². The molecule has 0 saturated carbocycles. The first-order chi connectivity index (χ1) is 11.3. The number of para-hydroxylation sites is 1. The molecule has 0 radical (unpaired) electrons. The summed E-state index contributed by atoms with van der Waals surface area (Å²) in [6.07, 6.45) is 1.36. The molecule has 0 bridgehead atoms. The normalized spacial score (nSPS) is 18.7. The summed E-state index contributed by atoms with van der Waals surface area (Å²) >= 11 is 0. The van der Waals surface area contributed by atoms with Gasteiger partial charge < -0.3 is 14.8 Å². The highest BCUT2D eigenvalue weighted by Crippen LogP contribution is 2.35. The van der Waals surface area contributed by atoms with Crippen LogP contribution in [0.5, 0.6) is 5.75 Å². The molecule has 2 heterocycles. The van der Waals surface area contributed by atoms with Gasteiger partial charge in [0.1, 0.15) is 5.75 Å². The van der Waals surface area contributed by atoms with E-state index in [-0.39, 0.29) is 11.8 Å². The van der Waals surface area contributed by atoms with Crippen LogP contribution in [-0.2, 0) is 22.7 Å². The van der Waals surface area contributed by atoms with E-state index in [2.05, 4.69) is 11.4 Å². The molecule has 2 aromatic rings. The smallest absolute Gasteiger partial charge is 0.224 e.